The number of amides is 1. The first-order valence-corrected chi connectivity index (χ1v) is 8.80. The first kappa shape index (κ1) is 17.7. The van der Waals surface area contributed by atoms with Crippen molar-refractivity contribution in [3.8, 4) is 0 Å². The van der Waals surface area contributed by atoms with E-state index >= 15 is 0 Å². The van der Waals surface area contributed by atoms with E-state index < -0.39 is 0 Å². The van der Waals surface area contributed by atoms with E-state index in [0.29, 0.717) is 18.0 Å². The molecule has 1 aliphatic heterocycles. The van der Waals surface area contributed by atoms with Gasteiger partial charge in [0.1, 0.15) is 5.82 Å². The first-order chi connectivity index (χ1) is 12.1. The summed E-state index contributed by atoms with van der Waals surface area (Å²) in [5, 5.41) is 3.59. The highest BCUT2D eigenvalue weighted by Crippen LogP contribution is 2.15. The van der Waals surface area contributed by atoms with Gasteiger partial charge in [0.2, 0.25) is 5.91 Å². The van der Waals surface area contributed by atoms with Crippen molar-refractivity contribution in [2.45, 2.75) is 26.0 Å². The van der Waals surface area contributed by atoms with Crippen LogP contribution in [0.1, 0.15) is 18.1 Å². The zero-order valence-corrected chi connectivity index (χ0v) is 15.0. The normalized spacial score (nSPS) is 17.4. The van der Waals surface area contributed by atoms with Gasteiger partial charge < -0.3 is 15.0 Å². The molecule has 0 bridgehead atoms. The van der Waals surface area contributed by atoms with E-state index in [-0.39, 0.29) is 12.0 Å². The lowest BCUT2D eigenvalue weighted by molar-refractivity contribution is -0.120. The van der Waals surface area contributed by atoms with Gasteiger partial charge in [-0.1, -0.05) is 29.8 Å². The number of hydrogen-bond donors (Lipinski definition) is 1. The number of anilines is 1. The number of ether oxygens (including phenoxy) is 1. The molecule has 1 unspecified atom stereocenters. The van der Waals surface area contributed by atoms with Crippen LogP contribution >= 0.6 is 11.6 Å². The van der Waals surface area contributed by atoms with E-state index in [1.807, 2.05) is 30.5 Å². The standard InChI is InChI=1S/C19H22ClN3O2/c1-14-13-23(8-9-25-14)18-7-4-16(11-21-18)12-22-19(24)10-15-2-5-17(20)6-3-15/h2-7,11,14H,8-10,12-13H2,1H3,(H,22,24). The zero-order chi connectivity index (χ0) is 17.6. The van der Waals surface area contributed by atoms with Crippen LogP contribution in [0.2, 0.25) is 5.02 Å². The van der Waals surface area contributed by atoms with E-state index in [2.05, 4.69) is 22.1 Å². The molecule has 0 aliphatic carbocycles. The number of pyridine rings is 1. The van der Waals surface area contributed by atoms with E-state index in [4.69, 9.17) is 16.3 Å². The van der Waals surface area contributed by atoms with Crippen molar-refractivity contribution in [2.24, 2.45) is 0 Å². The average Bonchev–Trinajstić information content (AvgIpc) is 2.62. The molecule has 1 fully saturated rings. The summed E-state index contributed by atoms with van der Waals surface area (Å²) in [4.78, 5) is 18.8. The van der Waals surface area contributed by atoms with Gasteiger partial charge in [0.15, 0.2) is 0 Å². The molecule has 1 N–H and O–H groups in total. The number of aromatic nitrogens is 1. The summed E-state index contributed by atoms with van der Waals surface area (Å²) in [6.07, 6.45) is 2.38. The third-order valence-corrected chi connectivity index (χ3v) is 4.39. The van der Waals surface area contributed by atoms with Crippen LogP contribution in [0.4, 0.5) is 5.82 Å². The van der Waals surface area contributed by atoms with Crippen molar-refractivity contribution >= 4 is 23.3 Å². The van der Waals surface area contributed by atoms with E-state index in [9.17, 15) is 4.79 Å². The van der Waals surface area contributed by atoms with Crippen LogP contribution in [-0.4, -0.2) is 36.7 Å². The first-order valence-electron chi connectivity index (χ1n) is 8.43. The van der Waals surface area contributed by atoms with Gasteiger partial charge in [-0.2, -0.15) is 0 Å². The van der Waals surface area contributed by atoms with Crippen LogP contribution in [0.25, 0.3) is 0 Å². The minimum Gasteiger partial charge on any atom is -0.375 e. The topological polar surface area (TPSA) is 54.5 Å². The quantitative estimate of drug-likeness (QED) is 0.892. The molecule has 1 saturated heterocycles. The summed E-state index contributed by atoms with van der Waals surface area (Å²) in [5.74, 6) is 0.930. The number of halogens is 1. The van der Waals surface area contributed by atoms with Crippen molar-refractivity contribution in [2.75, 3.05) is 24.6 Å². The number of morpholine rings is 1. The summed E-state index contributed by atoms with van der Waals surface area (Å²) in [5.41, 5.74) is 1.92. The molecule has 1 aromatic carbocycles. The lowest BCUT2D eigenvalue weighted by atomic mass is 10.1. The van der Waals surface area contributed by atoms with Crippen molar-refractivity contribution < 1.29 is 9.53 Å². The second-order valence-electron chi connectivity index (χ2n) is 6.23. The van der Waals surface area contributed by atoms with Gasteiger partial charge in [0.05, 0.1) is 19.1 Å². The van der Waals surface area contributed by atoms with Gasteiger partial charge in [-0.05, 0) is 36.2 Å². The summed E-state index contributed by atoms with van der Waals surface area (Å²) in [7, 11) is 0. The molecule has 6 heteroatoms. The highest BCUT2D eigenvalue weighted by atomic mass is 35.5. The minimum atomic E-state index is -0.0200. The molecule has 1 amide bonds. The monoisotopic (exact) mass is 359 g/mol. The molecule has 132 valence electrons. The Labute approximate surface area is 153 Å². The molecular formula is C19H22ClN3O2. The molecule has 2 heterocycles. The maximum absolute atomic E-state index is 12.0. The molecule has 0 radical (unpaired) electrons. The highest BCUT2D eigenvalue weighted by molar-refractivity contribution is 6.30. The van der Waals surface area contributed by atoms with E-state index in [1.54, 1.807) is 12.1 Å². The largest absolute Gasteiger partial charge is 0.375 e. The minimum absolute atomic E-state index is 0.0200. The van der Waals surface area contributed by atoms with Crippen LogP contribution in [-0.2, 0) is 22.5 Å². The summed E-state index contributed by atoms with van der Waals surface area (Å²) >= 11 is 5.85. The number of nitrogens with one attached hydrogen (secondary N) is 1. The van der Waals surface area contributed by atoms with Gasteiger partial charge in [0.25, 0.3) is 0 Å². The molecule has 3 rings (SSSR count). The number of carbonyl (C=O) groups is 1. The van der Waals surface area contributed by atoms with Crippen LogP contribution in [0, 0.1) is 0 Å². The number of hydrogen-bond acceptors (Lipinski definition) is 4. The zero-order valence-electron chi connectivity index (χ0n) is 14.2. The SMILES string of the molecule is CC1CN(c2ccc(CNC(=O)Cc3ccc(Cl)cc3)cn2)CCO1. The molecular weight excluding hydrogens is 338 g/mol. The molecule has 0 saturated carbocycles. The summed E-state index contributed by atoms with van der Waals surface area (Å²) in [6.45, 7) is 4.97. The van der Waals surface area contributed by atoms with Crippen molar-refractivity contribution in [1.82, 2.24) is 10.3 Å². The van der Waals surface area contributed by atoms with E-state index in [0.717, 1.165) is 36.6 Å². The predicted molar refractivity (Wildman–Crippen MR) is 98.9 cm³/mol. The number of carbonyl (C=O) groups excluding carboxylic acids is 1. The Bertz CT molecular complexity index is 704. The van der Waals surface area contributed by atoms with Gasteiger partial charge >= 0.3 is 0 Å². The Morgan fingerprint density at radius 3 is 2.72 bits per heavy atom. The Morgan fingerprint density at radius 1 is 1.28 bits per heavy atom. The molecule has 2 aromatic rings. The average molecular weight is 360 g/mol. The second-order valence-corrected chi connectivity index (χ2v) is 6.67. The van der Waals surface area contributed by atoms with Crippen LogP contribution in [0.15, 0.2) is 42.6 Å². The molecule has 0 spiro atoms. The Balaban J connectivity index is 1.49. The maximum atomic E-state index is 12.0. The van der Waals surface area contributed by atoms with Crippen LogP contribution in [0.5, 0.6) is 0 Å². The van der Waals surface area contributed by atoms with Gasteiger partial charge in [0, 0.05) is 30.9 Å². The third-order valence-electron chi connectivity index (χ3n) is 4.14. The lowest BCUT2D eigenvalue weighted by Gasteiger charge is -2.32. The van der Waals surface area contributed by atoms with Crippen molar-refractivity contribution in [3.05, 3.63) is 58.7 Å². The highest BCUT2D eigenvalue weighted by Gasteiger charge is 2.17. The molecule has 1 atom stereocenters. The Kier molecular flexibility index (Phi) is 5.89. The van der Waals surface area contributed by atoms with Gasteiger partial charge in [-0.3, -0.25) is 4.79 Å². The molecule has 5 nitrogen and oxygen atoms in total. The molecule has 1 aliphatic rings. The fraction of sp³-hybridized carbons (Fsp3) is 0.368. The summed E-state index contributed by atoms with van der Waals surface area (Å²) in [6, 6.07) is 11.3. The molecule has 1 aromatic heterocycles. The molecule has 25 heavy (non-hydrogen) atoms. The maximum Gasteiger partial charge on any atom is 0.224 e. The predicted octanol–water partition coefficient (Wildman–Crippen LogP) is 2.82. The van der Waals surface area contributed by atoms with Gasteiger partial charge in [-0.15, -0.1) is 0 Å². The fourth-order valence-electron chi connectivity index (χ4n) is 2.79. The van der Waals surface area contributed by atoms with Crippen LogP contribution < -0.4 is 10.2 Å². The smallest absolute Gasteiger partial charge is 0.224 e. The summed E-state index contributed by atoms with van der Waals surface area (Å²) < 4.78 is 5.55. The number of nitrogens with zero attached hydrogens (tertiary/aromatic N) is 2. The van der Waals surface area contributed by atoms with Crippen LogP contribution in [0.3, 0.4) is 0 Å². The van der Waals surface area contributed by atoms with Crippen molar-refractivity contribution in [1.29, 1.82) is 0 Å². The fourth-order valence-corrected chi connectivity index (χ4v) is 2.91. The Morgan fingerprint density at radius 2 is 2.04 bits per heavy atom. The number of benzene rings is 1. The Hall–Kier alpha value is -2.11. The van der Waals surface area contributed by atoms with Crippen molar-refractivity contribution in [3.63, 3.8) is 0 Å². The van der Waals surface area contributed by atoms with Gasteiger partial charge in [-0.25, -0.2) is 4.98 Å². The second kappa shape index (κ2) is 8.32. The number of rotatable bonds is 5. The van der Waals surface area contributed by atoms with E-state index in [1.165, 1.54) is 0 Å². The third kappa shape index (κ3) is 5.18. The lowest BCUT2D eigenvalue weighted by Crippen LogP contribution is -2.41.